The fraction of sp³-hybridized carbons (Fsp3) is 0.382. The Kier molecular flexibility index (Phi) is 14.6. The number of nitrogens with one attached hydrogen (secondary N) is 2. The van der Waals surface area contributed by atoms with Crippen LogP contribution in [0.3, 0.4) is 0 Å². The Morgan fingerprint density at radius 1 is 1.06 bits per heavy atom. The number of fused-ring (bicyclic) bond motifs is 5. The number of aldehydes is 3. The van der Waals surface area contributed by atoms with Gasteiger partial charge in [-0.15, -0.1) is 11.3 Å². The first kappa shape index (κ1) is 50.7. The summed E-state index contributed by atoms with van der Waals surface area (Å²) in [5.41, 5.74) is 7.68. The second kappa shape index (κ2) is 20.7. The number of anilines is 3. The van der Waals surface area contributed by atoms with Gasteiger partial charge in [-0.2, -0.15) is 4.98 Å². The first-order valence-corrected chi connectivity index (χ1v) is 26.4. The first-order chi connectivity index (χ1) is 34.6. The maximum absolute atomic E-state index is 13.0. The van der Waals surface area contributed by atoms with Gasteiger partial charge >= 0.3 is 5.97 Å². The van der Waals surface area contributed by atoms with Crippen molar-refractivity contribution in [1.29, 1.82) is 0 Å². The lowest BCUT2D eigenvalue weighted by Gasteiger charge is -2.62. The second-order valence-electron chi connectivity index (χ2n) is 19.7. The highest BCUT2D eigenvalue weighted by atomic mass is 35.5. The van der Waals surface area contributed by atoms with E-state index in [9.17, 15) is 29.1 Å². The van der Waals surface area contributed by atoms with E-state index in [1.165, 1.54) is 5.57 Å². The summed E-state index contributed by atoms with van der Waals surface area (Å²) in [6.07, 6.45) is 7.87. The number of amides is 1. The highest BCUT2D eigenvalue weighted by Crippen LogP contribution is 2.55. The number of benzene rings is 4. The minimum atomic E-state index is -1.17. The van der Waals surface area contributed by atoms with Crippen LogP contribution in [0.4, 0.5) is 17.4 Å². The van der Waals surface area contributed by atoms with Gasteiger partial charge in [-0.3, -0.25) is 14.4 Å². The zero-order valence-corrected chi connectivity index (χ0v) is 43.6. The largest absolute Gasteiger partial charge is 0.483 e. The lowest BCUT2D eigenvalue weighted by Crippen LogP contribution is -2.67. The summed E-state index contributed by atoms with van der Waals surface area (Å²) < 4.78 is 14.4. The lowest BCUT2D eigenvalue weighted by molar-refractivity contribution is -0.122. The van der Waals surface area contributed by atoms with Gasteiger partial charge < -0.3 is 39.5 Å². The maximum atomic E-state index is 13.0. The third-order valence-electron chi connectivity index (χ3n) is 15.0. The Hall–Kier alpha value is -6.20. The van der Waals surface area contributed by atoms with E-state index in [-0.39, 0.29) is 57.6 Å². The van der Waals surface area contributed by atoms with Crippen molar-refractivity contribution in [2.75, 3.05) is 48.9 Å². The molecule has 6 aromatic rings. The van der Waals surface area contributed by atoms with Crippen molar-refractivity contribution in [2.24, 2.45) is 5.92 Å². The van der Waals surface area contributed by atoms with Gasteiger partial charge in [0.25, 0.3) is 6.01 Å². The zero-order chi connectivity index (χ0) is 51.1. The number of oxazole rings is 1. The number of carbonyl (C=O) groups excluding carboxylic acids is 4. The van der Waals surface area contributed by atoms with E-state index >= 15 is 0 Å². The number of halogens is 1. The first-order valence-electron chi connectivity index (χ1n) is 24.3. The van der Waals surface area contributed by atoms with Gasteiger partial charge in [-0.25, -0.2) is 9.10 Å². The van der Waals surface area contributed by atoms with Crippen molar-refractivity contribution in [1.82, 2.24) is 14.6 Å². The predicted octanol–water partition coefficient (Wildman–Crippen LogP) is 10.8. The van der Waals surface area contributed by atoms with Crippen molar-refractivity contribution in [2.45, 2.75) is 94.6 Å². The molecule has 10 rings (SSSR count). The summed E-state index contributed by atoms with van der Waals surface area (Å²) >= 11 is 9.55. The molecule has 5 heterocycles. The van der Waals surface area contributed by atoms with Crippen LogP contribution < -0.4 is 25.2 Å². The molecule has 4 atom stereocenters. The van der Waals surface area contributed by atoms with Crippen LogP contribution in [0.2, 0.25) is 5.02 Å². The average molecular weight is 1030 g/mol. The molecule has 0 spiro atoms. The molecule has 4 unspecified atom stereocenters. The van der Waals surface area contributed by atoms with Gasteiger partial charge in [0, 0.05) is 72.8 Å². The van der Waals surface area contributed by atoms with E-state index in [1.54, 1.807) is 7.05 Å². The lowest BCUT2D eigenvalue weighted by atomic mass is 9.63. The Bertz CT molecular complexity index is 3110. The molecule has 2 saturated heterocycles. The number of rotatable bonds is 19. The molecular formula is C55H59ClN6O8S2. The van der Waals surface area contributed by atoms with E-state index < -0.39 is 12.0 Å². The van der Waals surface area contributed by atoms with Crippen LogP contribution in [0.5, 0.6) is 5.75 Å². The molecule has 1 aliphatic carbocycles. The van der Waals surface area contributed by atoms with E-state index in [1.807, 2.05) is 72.4 Å². The van der Waals surface area contributed by atoms with Crippen LogP contribution in [-0.2, 0) is 20.1 Å². The summed E-state index contributed by atoms with van der Waals surface area (Å²) in [7, 11) is 3.43. The third-order valence-corrected chi connectivity index (χ3v) is 18.3. The molecule has 3 aliphatic heterocycles. The minimum Gasteiger partial charge on any atom is -0.483 e. The van der Waals surface area contributed by atoms with Crippen LogP contribution in [0.1, 0.15) is 96.9 Å². The molecule has 2 bridgehead atoms. The number of carbonyl (C=O) groups is 5. The number of likely N-dealkylation sites (N-methyl/N-ethyl adjacent to an activating group) is 2. The van der Waals surface area contributed by atoms with Gasteiger partial charge in [0.2, 0.25) is 5.91 Å². The second-order valence-corrected chi connectivity index (χ2v) is 22.0. The molecule has 0 radical (unpaired) electrons. The number of nitrogens with zero attached hydrogens (tertiary/aromatic N) is 4. The minimum absolute atomic E-state index is 0.00431. The van der Waals surface area contributed by atoms with Crippen LogP contribution >= 0.6 is 34.9 Å². The summed E-state index contributed by atoms with van der Waals surface area (Å²) in [5, 5.41) is 18.3. The van der Waals surface area contributed by atoms with Gasteiger partial charge in [0.05, 0.1) is 10.9 Å². The molecule has 376 valence electrons. The summed E-state index contributed by atoms with van der Waals surface area (Å²) in [6, 6.07) is 24.1. The Balaban J connectivity index is 0.866. The topological polar surface area (TPSA) is 175 Å². The van der Waals surface area contributed by atoms with Gasteiger partial charge in [0.1, 0.15) is 29.5 Å². The van der Waals surface area contributed by atoms with Crippen molar-refractivity contribution in [3.05, 3.63) is 111 Å². The number of aromatic nitrogens is 1. The number of carboxylic acid groups (broad SMARTS) is 1. The quantitative estimate of drug-likeness (QED) is 0.0397. The molecule has 4 aliphatic rings. The number of hydrogen-bond acceptors (Lipinski definition) is 14. The predicted molar refractivity (Wildman–Crippen MR) is 287 cm³/mol. The Morgan fingerprint density at radius 3 is 2.56 bits per heavy atom. The number of aromatic carboxylic acids is 1. The highest BCUT2D eigenvalue weighted by Gasteiger charge is 2.56. The van der Waals surface area contributed by atoms with E-state index in [2.05, 4.69) is 77.9 Å². The fourth-order valence-electron chi connectivity index (χ4n) is 11.2. The van der Waals surface area contributed by atoms with Crippen LogP contribution in [-0.4, -0.2) is 102 Å². The molecule has 3 N–H and O–H groups in total. The van der Waals surface area contributed by atoms with Crippen molar-refractivity contribution < 1.29 is 38.2 Å². The van der Waals surface area contributed by atoms with Crippen LogP contribution in [0, 0.1) is 5.92 Å². The average Bonchev–Trinajstić information content (AvgIpc) is 3.96. The van der Waals surface area contributed by atoms with Gasteiger partial charge in [0.15, 0.2) is 28.8 Å². The maximum Gasteiger partial charge on any atom is 0.349 e. The molecule has 17 heteroatoms. The molecule has 0 saturated carbocycles. The smallest absolute Gasteiger partial charge is 0.349 e. The summed E-state index contributed by atoms with van der Waals surface area (Å²) in [6.45, 7) is 10.4. The van der Waals surface area contributed by atoms with E-state index in [4.69, 9.17) is 25.7 Å². The molecular weight excluding hydrogens is 972 g/mol. The molecule has 4 aromatic carbocycles. The van der Waals surface area contributed by atoms with E-state index in [0.717, 1.165) is 112 Å². The SMILES string of the molecule is CNC(=O)C(CCC=O)N(C)c1ccc(C2CCN(c3nc4cc(CSN5C(C)(C)C6=CC(C)C5(C)CC6Nc5cccc(-c6sc(C(=O)O)c(OCC=O)c6Cl)c5)ccc4o3)CC2)c2cccc(C=O)c12. The van der Waals surface area contributed by atoms with Gasteiger partial charge in [-0.05, 0) is 116 Å². The molecule has 2 aromatic heterocycles. The normalized spacial score (nSPS) is 20.3. The number of ether oxygens (including phenoxy) is 1. The van der Waals surface area contributed by atoms with Crippen molar-refractivity contribution in [3.63, 3.8) is 0 Å². The number of thiophene rings is 1. The molecule has 1 amide bonds. The number of carboxylic acids is 1. The zero-order valence-electron chi connectivity index (χ0n) is 41.2. The number of piperidine rings is 2. The fourth-order valence-corrected chi connectivity index (χ4v) is 14.1. The van der Waals surface area contributed by atoms with Crippen molar-refractivity contribution in [3.8, 4) is 16.2 Å². The molecule has 14 nitrogen and oxygen atoms in total. The summed E-state index contributed by atoms with van der Waals surface area (Å²) in [4.78, 5) is 69.4. The van der Waals surface area contributed by atoms with Gasteiger partial charge in [-0.1, -0.05) is 79.0 Å². The van der Waals surface area contributed by atoms with E-state index in [0.29, 0.717) is 35.1 Å². The van der Waals surface area contributed by atoms with Crippen LogP contribution in [0.25, 0.3) is 32.3 Å². The van der Waals surface area contributed by atoms with Crippen molar-refractivity contribution >= 4 is 105 Å². The number of hydrogen-bond donors (Lipinski definition) is 3. The highest BCUT2D eigenvalue weighted by molar-refractivity contribution is 7.96. The monoisotopic (exact) mass is 1030 g/mol. The molecule has 2 fully saturated rings. The Labute approximate surface area is 432 Å². The van der Waals surface area contributed by atoms with Crippen LogP contribution in [0.15, 0.2) is 88.9 Å². The standard InChI is InChI=1S/C55H59ClN6O8S2/c1-32-26-40-42(58-37-12-7-10-35(28-37)49-47(56)48(69-25-24-64)50(72-49)52(67)68)29-55(32,4)62(54(40,2)3)71-31-33-15-18-45-41(27-33)59-53(70-45)61-21-19-34(20-22-61)38-16-17-43(46-36(30-65)11-8-13-39(38)46)60(6)44(14-9-23-63)51(66)57-5/h7-8,10-13,15-18,23-24,26-28,30,32,34,42,44,58H,9,14,19-22,25,29,31H2,1-6H3,(H,57,66)(H,67,68). The molecule has 72 heavy (non-hydrogen) atoms. The Morgan fingerprint density at radius 2 is 1.83 bits per heavy atom. The third kappa shape index (κ3) is 9.38. The summed E-state index contributed by atoms with van der Waals surface area (Å²) in [5.74, 6) is -0.0733.